The second-order valence-corrected chi connectivity index (χ2v) is 4.09. The average Bonchev–Trinajstić information content (AvgIpc) is 2.78. The van der Waals surface area contributed by atoms with Gasteiger partial charge in [-0.2, -0.15) is 5.10 Å². The van der Waals surface area contributed by atoms with Crippen molar-refractivity contribution in [2.75, 3.05) is 11.9 Å². The van der Waals surface area contributed by atoms with Crippen LogP contribution in [0.5, 0.6) is 0 Å². The molecular formula is C11H14ClN5. The van der Waals surface area contributed by atoms with Crippen LogP contribution in [0, 0.1) is 13.8 Å². The Balaban J connectivity index is 1.97. The standard InChI is InChI=1S/C11H14ClN5/c1-8-9(2)16-11(10(12)15-8)13-5-7-17-6-3-4-14-17/h3-4,6H,5,7H2,1-2H3,(H,13,16). The summed E-state index contributed by atoms with van der Waals surface area (Å²) in [6.07, 6.45) is 3.66. The molecule has 0 amide bonds. The van der Waals surface area contributed by atoms with Crippen LogP contribution < -0.4 is 5.32 Å². The maximum Gasteiger partial charge on any atom is 0.171 e. The Bertz CT molecular complexity index is 495. The molecule has 90 valence electrons. The number of anilines is 1. The van der Waals surface area contributed by atoms with Crippen molar-refractivity contribution in [1.82, 2.24) is 19.7 Å². The summed E-state index contributed by atoms with van der Waals surface area (Å²) in [4.78, 5) is 8.56. The molecule has 0 radical (unpaired) electrons. The molecule has 0 atom stereocenters. The fourth-order valence-corrected chi connectivity index (χ4v) is 1.65. The average molecular weight is 252 g/mol. The van der Waals surface area contributed by atoms with Crippen LogP contribution in [0.4, 0.5) is 5.82 Å². The van der Waals surface area contributed by atoms with E-state index < -0.39 is 0 Å². The number of nitrogens with zero attached hydrogens (tertiary/aromatic N) is 4. The number of nitrogens with one attached hydrogen (secondary N) is 1. The van der Waals surface area contributed by atoms with E-state index in [1.807, 2.05) is 30.8 Å². The van der Waals surface area contributed by atoms with Crippen molar-refractivity contribution in [1.29, 1.82) is 0 Å². The van der Waals surface area contributed by atoms with Crippen LogP contribution in [0.3, 0.4) is 0 Å². The first-order chi connectivity index (χ1) is 8.16. The molecule has 2 aromatic rings. The number of rotatable bonds is 4. The highest BCUT2D eigenvalue weighted by molar-refractivity contribution is 6.31. The molecule has 2 heterocycles. The van der Waals surface area contributed by atoms with Gasteiger partial charge in [-0.05, 0) is 19.9 Å². The second-order valence-electron chi connectivity index (χ2n) is 3.73. The summed E-state index contributed by atoms with van der Waals surface area (Å²) in [5.41, 5.74) is 1.74. The van der Waals surface area contributed by atoms with Gasteiger partial charge in [-0.25, -0.2) is 9.97 Å². The van der Waals surface area contributed by atoms with Crippen LogP contribution in [0.25, 0.3) is 0 Å². The summed E-state index contributed by atoms with van der Waals surface area (Å²) in [6.45, 7) is 5.27. The van der Waals surface area contributed by atoms with Crippen molar-refractivity contribution < 1.29 is 0 Å². The van der Waals surface area contributed by atoms with Gasteiger partial charge in [-0.15, -0.1) is 0 Å². The Labute approximate surface area is 105 Å². The Morgan fingerprint density at radius 1 is 1.29 bits per heavy atom. The van der Waals surface area contributed by atoms with Crippen molar-refractivity contribution in [2.24, 2.45) is 0 Å². The summed E-state index contributed by atoms with van der Waals surface area (Å²) < 4.78 is 1.84. The van der Waals surface area contributed by atoms with Gasteiger partial charge < -0.3 is 5.32 Å². The number of halogens is 1. The largest absolute Gasteiger partial charge is 0.366 e. The first kappa shape index (κ1) is 11.9. The second kappa shape index (κ2) is 5.14. The van der Waals surface area contributed by atoms with E-state index in [2.05, 4.69) is 20.4 Å². The monoisotopic (exact) mass is 251 g/mol. The highest BCUT2D eigenvalue weighted by Gasteiger charge is 2.06. The lowest BCUT2D eigenvalue weighted by Gasteiger charge is -2.09. The quantitative estimate of drug-likeness (QED) is 0.904. The fraction of sp³-hybridized carbons (Fsp3) is 0.364. The van der Waals surface area contributed by atoms with E-state index in [1.165, 1.54) is 0 Å². The first-order valence-electron chi connectivity index (χ1n) is 5.39. The zero-order chi connectivity index (χ0) is 12.3. The summed E-state index contributed by atoms with van der Waals surface area (Å²) in [5, 5.41) is 7.67. The molecule has 6 heteroatoms. The van der Waals surface area contributed by atoms with E-state index in [9.17, 15) is 0 Å². The van der Waals surface area contributed by atoms with Gasteiger partial charge in [0.05, 0.1) is 17.9 Å². The van der Waals surface area contributed by atoms with E-state index >= 15 is 0 Å². The van der Waals surface area contributed by atoms with Gasteiger partial charge in [0.1, 0.15) is 0 Å². The van der Waals surface area contributed by atoms with Gasteiger partial charge in [0, 0.05) is 18.9 Å². The van der Waals surface area contributed by atoms with Gasteiger partial charge in [0.15, 0.2) is 11.0 Å². The zero-order valence-corrected chi connectivity index (χ0v) is 10.6. The van der Waals surface area contributed by atoms with Crippen LogP contribution in [0.1, 0.15) is 11.4 Å². The Kier molecular flexibility index (Phi) is 3.58. The van der Waals surface area contributed by atoms with E-state index in [0.717, 1.165) is 17.9 Å². The lowest BCUT2D eigenvalue weighted by molar-refractivity contribution is 0.637. The zero-order valence-electron chi connectivity index (χ0n) is 9.81. The molecule has 0 unspecified atom stereocenters. The molecule has 0 aliphatic carbocycles. The SMILES string of the molecule is Cc1nc(Cl)c(NCCn2cccn2)nc1C. The van der Waals surface area contributed by atoms with Crippen molar-refractivity contribution in [3.8, 4) is 0 Å². The molecule has 0 saturated carbocycles. The summed E-state index contributed by atoms with van der Waals surface area (Å²) >= 11 is 6.00. The molecule has 0 aliphatic rings. The minimum atomic E-state index is 0.411. The van der Waals surface area contributed by atoms with Crippen LogP contribution in [-0.4, -0.2) is 26.3 Å². The van der Waals surface area contributed by atoms with Crippen LogP contribution in [0.2, 0.25) is 5.15 Å². The van der Waals surface area contributed by atoms with Gasteiger partial charge in [0.2, 0.25) is 0 Å². The smallest absolute Gasteiger partial charge is 0.171 e. The minimum absolute atomic E-state index is 0.411. The fourth-order valence-electron chi connectivity index (χ4n) is 1.41. The van der Waals surface area contributed by atoms with E-state index in [1.54, 1.807) is 6.20 Å². The predicted octanol–water partition coefficient (Wildman–Crippen LogP) is 2.06. The van der Waals surface area contributed by atoms with E-state index in [0.29, 0.717) is 17.5 Å². The Morgan fingerprint density at radius 3 is 2.76 bits per heavy atom. The molecular weight excluding hydrogens is 238 g/mol. The predicted molar refractivity (Wildman–Crippen MR) is 67.2 cm³/mol. The molecule has 17 heavy (non-hydrogen) atoms. The van der Waals surface area contributed by atoms with Crippen molar-refractivity contribution in [3.05, 3.63) is 35.0 Å². The molecule has 0 fully saturated rings. The molecule has 0 spiro atoms. The lowest BCUT2D eigenvalue weighted by Crippen LogP contribution is -2.13. The van der Waals surface area contributed by atoms with Crippen molar-refractivity contribution >= 4 is 17.4 Å². The summed E-state index contributed by atoms with van der Waals surface area (Å²) in [7, 11) is 0. The normalized spacial score (nSPS) is 10.5. The van der Waals surface area contributed by atoms with Gasteiger partial charge in [-0.3, -0.25) is 4.68 Å². The first-order valence-corrected chi connectivity index (χ1v) is 5.76. The van der Waals surface area contributed by atoms with Crippen LogP contribution >= 0.6 is 11.6 Å². The Morgan fingerprint density at radius 2 is 2.06 bits per heavy atom. The topological polar surface area (TPSA) is 55.6 Å². The maximum absolute atomic E-state index is 6.00. The lowest BCUT2D eigenvalue weighted by atomic mass is 10.3. The van der Waals surface area contributed by atoms with Crippen LogP contribution in [0.15, 0.2) is 18.5 Å². The molecule has 1 N–H and O–H groups in total. The molecule has 0 saturated heterocycles. The molecule has 2 aromatic heterocycles. The molecule has 0 bridgehead atoms. The number of aryl methyl sites for hydroxylation is 2. The number of aromatic nitrogens is 4. The van der Waals surface area contributed by atoms with Gasteiger partial charge >= 0.3 is 0 Å². The van der Waals surface area contributed by atoms with Crippen LogP contribution in [-0.2, 0) is 6.54 Å². The highest BCUT2D eigenvalue weighted by atomic mass is 35.5. The molecule has 0 aromatic carbocycles. The third kappa shape index (κ3) is 2.94. The van der Waals surface area contributed by atoms with E-state index in [-0.39, 0.29) is 0 Å². The minimum Gasteiger partial charge on any atom is -0.366 e. The van der Waals surface area contributed by atoms with Gasteiger partial charge in [-0.1, -0.05) is 11.6 Å². The Hall–Kier alpha value is -1.62. The maximum atomic E-state index is 6.00. The third-order valence-corrected chi connectivity index (χ3v) is 2.72. The highest BCUT2D eigenvalue weighted by Crippen LogP contribution is 2.17. The molecule has 2 rings (SSSR count). The van der Waals surface area contributed by atoms with Crippen molar-refractivity contribution in [2.45, 2.75) is 20.4 Å². The third-order valence-electron chi connectivity index (χ3n) is 2.46. The summed E-state index contributed by atoms with van der Waals surface area (Å²) in [5.74, 6) is 0.627. The summed E-state index contributed by atoms with van der Waals surface area (Å²) in [6, 6.07) is 1.89. The number of hydrogen-bond acceptors (Lipinski definition) is 4. The molecule has 5 nitrogen and oxygen atoms in total. The van der Waals surface area contributed by atoms with Gasteiger partial charge in [0.25, 0.3) is 0 Å². The van der Waals surface area contributed by atoms with Crippen molar-refractivity contribution in [3.63, 3.8) is 0 Å². The number of hydrogen-bond donors (Lipinski definition) is 1. The van der Waals surface area contributed by atoms with E-state index in [4.69, 9.17) is 11.6 Å². The molecule has 0 aliphatic heterocycles.